The Kier molecular flexibility index (Phi) is 4.02. The molecule has 6 heteroatoms. The summed E-state index contributed by atoms with van der Waals surface area (Å²) < 4.78 is 2.09. The molecule has 1 aliphatic heterocycles. The van der Waals surface area contributed by atoms with Crippen LogP contribution in [-0.4, -0.2) is 26.9 Å². The number of nitriles is 1. The lowest BCUT2D eigenvalue weighted by Gasteiger charge is -2.18. The van der Waals surface area contributed by atoms with E-state index in [1.807, 2.05) is 48.7 Å². The molecule has 5 nitrogen and oxygen atoms in total. The summed E-state index contributed by atoms with van der Waals surface area (Å²) in [6.45, 7) is 0.630. The Labute approximate surface area is 154 Å². The van der Waals surface area contributed by atoms with Gasteiger partial charge in [-0.1, -0.05) is 24.3 Å². The van der Waals surface area contributed by atoms with Gasteiger partial charge in [-0.05, 0) is 35.4 Å². The van der Waals surface area contributed by atoms with Crippen LogP contribution in [0.15, 0.2) is 54.7 Å². The van der Waals surface area contributed by atoms with E-state index < -0.39 is 6.04 Å². The van der Waals surface area contributed by atoms with E-state index in [0.29, 0.717) is 12.1 Å². The van der Waals surface area contributed by atoms with E-state index in [0.717, 1.165) is 33.8 Å². The van der Waals surface area contributed by atoms with Gasteiger partial charge in [-0.3, -0.25) is 9.59 Å². The second kappa shape index (κ2) is 6.36. The molecular formula is C20H15N3O2S. The summed E-state index contributed by atoms with van der Waals surface area (Å²) in [7, 11) is 1.66. The van der Waals surface area contributed by atoms with Gasteiger partial charge in [0, 0.05) is 42.5 Å². The van der Waals surface area contributed by atoms with Gasteiger partial charge >= 0.3 is 0 Å². The Morgan fingerprint density at radius 2 is 1.96 bits per heavy atom. The Bertz CT molecular complexity index is 1080. The fourth-order valence-electron chi connectivity index (χ4n) is 3.37. The highest BCUT2D eigenvalue weighted by Crippen LogP contribution is 2.38. The zero-order valence-electron chi connectivity index (χ0n) is 14.0. The van der Waals surface area contributed by atoms with Crippen molar-refractivity contribution in [1.82, 2.24) is 9.47 Å². The molecule has 1 fully saturated rings. The van der Waals surface area contributed by atoms with Crippen LogP contribution in [0.4, 0.5) is 4.79 Å². The quantitative estimate of drug-likeness (QED) is 0.709. The standard InChI is InChI=1S/C20H15N3O2S/c1-22-18(19(24)26-20(22)25)16-6-3-7-17-15(16)8-9-23(17)12-14-5-2-4-13(10-14)11-21/h2-10,18H,12H2,1H3. The van der Waals surface area contributed by atoms with Gasteiger partial charge in [-0.15, -0.1) is 0 Å². The van der Waals surface area contributed by atoms with Gasteiger partial charge < -0.3 is 9.47 Å². The number of hydrogen-bond acceptors (Lipinski definition) is 4. The zero-order chi connectivity index (χ0) is 18.3. The molecule has 0 spiro atoms. The first-order valence-electron chi connectivity index (χ1n) is 8.14. The van der Waals surface area contributed by atoms with Crippen LogP contribution in [0.2, 0.25) is 0 Å². The van der Waals surface area contributed by atoms with Crippen molar-refractivity contribution < 1.29 is 9.59 Å². The van der Waals surface area contributed by atoms with Gasteiger partial charge in [-0.2, -0.15) is 5.26 Å². The smallest absolute Gasteiger partial charge is 0.289 e. The number of nitrogens with zero attached hydrogens (tertiary/aromatic N) is 3. The maximum Gasteiger partial charge on any atom is 0.289 e. The third-order valence-electron chi connectivity index (χ3n) is 4.64. The maximum absolute atomic E-state index is 12.3. The number of likely N-dealkylation sites (N-methyl/N-ethyl adjacent to an activating group) is 1. The van der Waals surface area contributed by atoms with E-state index in [1.165, 1.54) is 4.90 Å². The highest BCUT2D eigenvalue weighted by atomic mass is 32.2. The third-order valence-corrected chi connectivity index (χ3v) is 5.52. The van der Waals surface area contributed by atoms with Crippen LogP contribution >= 0.6 is 11.8 Å². The second-order valence-electron chi connectivity index (χ2n) is 6.24. The summed E-state index contributed by atoms with van der Waals surface area (Å²) in [6.07, 6.45) is 1.97. The Balaban J connectivity index is 1.75. The average Bonchev–Trinajstić information content (AvgIpc) is 3.16. The van der Waals surface area contributed by atoms with E-state index in [4.69, 9.17) is 5.26 Å². The first-order chi connectivity index (χ1) is 12.6. The minimum atomic E-state index is -0.547. The molecular weight excluding hydrogens is 346 g/mol. The zero-order valence-corrected chi connectivity index (χ0v) is 14.9. The van der Waals surface area contributed by atoms with E-state index >= 15 is 0 Å². The summed E-state index contributed by atoms with van der Waals surface area (Å²) in [5, 5.41) is 9.67. The molecule has 0 aliphatic carbocycles. The Morgan fingerprint density at radius 3 is 2.69 bits per heavy atom. The third kappa shape index (κ3) is 2.67. The number of carbonyl (C=O) groups excluding carboxylic acids is 2. The lowest BCUT2D eigenvalue weighted by Crippen LogP contribution is -2.23. The minimum Gasteiger partial charge on any atom is -0.343 e. The number of hydrogen-bond donors (Lipinski definition) is 0. The first-order valence-corrected chi connectivity index (χ1v) is 8.95. The van der Waals surface area contributed by atoms with Crippen molar-refractivity contribution in [2.24, 2.45) is 0 Å². The van der Waals surface area contributed by atoms with Crippen molar-refractivity contribution in [2.75, 3.05) is 7.05 Å². The number of aromatic nitrogens is 1. The van der Waals surface area contributed by atoms with E-state index in [-0.39, 0.29) is 10.4 Å². The van der Waals surface area contributed by atoms with Gasteiger partial charge in [0.1, 0.15) is 6.04 Å². The maximum atomic E-state index is 12.3. The topological polar surface area (TPSA) is 66.1 Å². The van der Waals surface area contributed by atoms with Crippen LogP contribution in [0.3, 0.4) is 0 Å². The normalized spacial score (nSPS) is 17.1. The molecule has 128 valence electrons. The average molecular weight is 361 g/mol. The lowest BCUT2D eigenvalue weighted by atomic mass is 10.0. The number of amides is 1. The predicted molar refractivity (Wildman–Crippen MR) is 101 cm³/mol. The van der Waals surface area contributed by atoms with E-state index in [2.05, 4.69) is 10.6 Å². The van der Waals surface area contributed by atoms with Crippen LogP contribution in [0.25, 0.3) is 10.9 Å². The summed E-state index contributed by atoms with van der Waals surface area (Å²) in [5.41, 5.74) is 3.51. The van der Waals surface area contributed by atoms with Crippen molar-refractivity contribution >= 4 is 33.0 Å². The number of rotatable bonds is 3. The highest BCUT2D eigenvalue weighted by molar-refractivity contribution is 8.26. The largest absolute Gasteiger partial charge is 0.343 e. The lowest BCUT2D eigenvalue weighted by molar-refractivity contribution is -0.113. The van der Waals surface area contributed by atoms with Crippen molar-refractivity contribution in [1.29, 1.82) is 5.26 Å². The number of benzene rings is 2. The molecule has 3 aromatic rings. The molecule has 1 unspecified atom stereocenters. The van der Waals surface area contributed by atoms with Crippen molar-refractivity contribution in [3.05, 3.63) is 71.4 Å². The van der Waals surface area contributed by atoms with Gasteiger partial charge in [0.15, 0.2) is 0 Å². The Hall–Kier alpha value is -3.04. The van der Waals surface area contributed by atoms with E-state index in [9.17, 15) is 9.59 Å². The summed E-state index contributed by atoms with van der Waals surface area (Å²) in [6, 6.07) is 16.9. The molecule has 0 saturated carbocycles. The predicted octanol–water partition coefficient (Wildman–Crippen LogP) is 3.93. The number of carbonyl (C=O) groups is 2. The molecule has 26 heavy (non-hydrogen) atoms. The SMILES string of the molecule is CN1C(=O)SC(=O)C1c1cccc2c1ccn2Cc1cccc(C#N)c1. The summed E-state index contributed by atoms with van der Waals surface area (Å²) in [4.78, 5) is 25.6. The number of fused-ring (bicyclic) bond motifs is 1. The van der Waals surface area contributed by atoms with E-state index in [1.54, 1.807) is 13.1 Å². The second-order valence-corrected chi connectivity index (χ2v) is 7.19. The molecule has 4 rings (SSSR count). The molecule has 2 aromatic carbocycles. The molecule has 1 aliphatic rings. The fourth-order valence-corrected chi connectivity index (χ4v) is 4.19. The molecule has 0 radical (unpaired) electrons. The molecule has 1 atom stereocenters. The van der Waals surface area contributed by atoms with Crippen LogP contribution < -0.4 is 0 Å². The molecule has 2 heterocycles. The van der Waals surface area contributed by atoms with Crippen LogP contribution in [0, 0.1) is 11.3 Å². The number of thioether (sulfide) groups is 1. The summed E-state index contributed by atoms with van der Waals surface area (Å²) >= 11 is 0.764. The monoisotopic (exact) mass is 361 g/mol. The molecule has 1 aromatic heterocycles. The van der Waals surface area contributed by atoms with Crippen LogP contribution in [0.5, 0.6) is 0 Å². The minimum absolute atomic E-state index is 0.139. The van der Waals surface area contributed by atoms with Crippen LogP contribution in [-0.2, 0) is 11.3 Å². The molecule has 0 bridgehead atoms. The Morgan fingerprint density at radius 1 is 1.15 bits per heavy atom. The highest BCUT2D eigenvalue weighted by Gasteiger charge is 2.39. The van der Waals surface area contributed by atoms with Crippen molar-refractivity contribution in [3.8, 4) is 6.07 Å². The molecule has 1 amide bonds. The molecule has 1 saturated heterocycles. The van der Waals surface area contributed by atoms with Crippen molar-refractivity contribution in [3.63, 3.8) is 0 Å². The van der Waals surface area contributed by atoms with Gasteiger partial charge in [0.2, 0.25) is 5.12 Å². The summed E-state index contributed by atoms with van der Waals surface area (Å²) in [5.74, 6) is 0. The molecule has 0 N–H and O–H groups in total. The fraction of sp³-hybridized carbons (Fsp3) is 0.150. The van der Waals surface area contributed by atoms with Gasteiger partial charge in [0.25, 0.3) is 5.24 Å². The van der Waals surface area contributed by atoms with Crippen molar-refractivity contribution in [2.45, 2.75) is 12.6 Å². The van der Waals surface area contributed by atoms with Gasteiger partial charge in [0.05, 0.1) is 11.6 Å². The first kappa shape index (κ1) is 16.4. The van der Waals surface area contributed by atoms with Gasteiger partial charge in [-0.25, -0.2) is 0 Å². The van der Waals surface area contributed by atoms with Crippen LogP contribution in [0.1, 0.15) is 22.7 Å².